The molecule has 0 fully saturated rings. The van der Waals surface area contributed by atoms with E-state index in [1.54, 1.807) is 6.07 Å². The molecule has 0 atom stereocenters. The first-order chi connectivity index (χ1) is 5.55. The van der Waals surface area contributed by atoms with Gasteiger partial charge in [0.25, 0.3) is 0 Å². The second-order valence-electron chi connectivity index (χ2n) is 2.08. The maximum absolute atomic E-state index is 10.6. The van der Waals surface area contributed by atoms with E-state index < -0.39 is 10.3 Å². The molecule has 12 heavy (non-hydrogen) atoms. The van der Waals surface area contributed by atoms with Crippen LogP contribution in [0.4, 0.5) is 0 Å². The number of pyridine rings is 1. The first-order valence-corrected chi connectivity index (χ1v) is 4.52. The van der Waals surface area contributed by atoms with Gasteiger partial charge in [0.15, 0.2) is 6.20 Å². The zero-order valence-corrected chi connectivity index (χ0v) is 6.99. The molecule has 0 aliphatic carbocycles. The monoisotopic (exact) mass is 185 g/mol. The first kappa shape index (κ1) is 8.89. The van der Waals surface area contributed by atoms with Gasteiger partial charge in [0.05, 0.1) is 0 Å². The lowest BCUT2D eigenvalue weighted by molar-refractivity contribution is -0.521. The Labute approximate surface area is 70.7 Å². The smallest absolute Gasteiger partial charge is 0.330 e. The Morgan fingerprint density at radius 3 is 2.58 bits per heavy atom. The van der Waals surface area contributed by atoms with Crippen LogP contribution in [-0.4, -0.2) is 13.0 Å². The van der Waals surface area contributed by atoms with Crippen molar-refractivity contribution in [3.63, 3.8) is 0 Å². The minimum absolute atomic E-state index is 0.257. The van der Waals surface area contributed by atoms with Crippen molar-refractivity contribution < 1.29 is 16.9 Å². The molecule has 0 radical (unpaired) electrons. The lowest BCUT2D eigenvalue weighted by atomic mass is 10.3. The molecule has 0 aliphatic rings. The zero-order chi connectivity index (χ0) is 9.19. The van der Waals surface area contributed by atoms with Gasteiger partial charge in [-0.25, -0.2) is 0 Å². The molecule has 0 amide bonds. The van der Waals surface area contributed by atoms with Gasteiger partial charge in [-0.05, 0) is 6.07 Å². The highest BCUT2D eigenvalue weighted by molar-refractivity contribution is 7.78. The molecule has 5 heteroatoms. The highest BCUT2D eigenvalue weighted by Crippen LogP contribution is 1.93. The molecule has 0 spiro atoms. The van der Waals surface area contributed by atoms with E-state index >= 15 is 0 Å². The van der Waals surface area contributed by atoms with Crippen LogP contribution in [0.15, 0.2) is 31.0 Å². The molecule has 0 aliphatic heterocycles. The van der Waals surface area contributed by atoms with Crippen molar-refractivity contribution in [2.75, 3.05) is 0 Å². The molecule has 1 heterocycles. The summed E-state index contributed by atoms with van der Waals surface area (Å²) >= 11 is 0. The highest BCUT2D eigenvalue weighted by Gasteiger charge is 2.11. The quantitative estimate of drug-likeness (QED) is 0.478. The van der Waals surface area contributed by atoms with Crippen LogP contribution in [0.3, 0.4) is 0 Å². The van der Waals surface area contributed by atoms with Gasteiger partial charge in [-0.3, -0.25) is 0 Å². The number of rotatable bonds is 2. The lowest BCUT2D eigenvalue weighted by Gasteiger charge is -2.01. The summed E-state index contributed by atoms with van der Waals surface area (Å²) in [4.78, 5) is 0. The number of hydrogen-bond donors (Lipinski definition) is 0. The van der Waals surface area contributed by atoms with E-state index in [1.807, 2.05) is 0 Å². The Morgan fingerprint density at radius 1 is 1.50 bits per heavy atom. The third kappa shape index (κ3) is 1.69. The van der Waals surface area contributed by atoms with Gasteiger partial charge >= 0.3 is 10.3 Å². The number of hydrogen-bond acceptors (Lipinski definition) is 3. The molecule has 1 aromatic rings. The van der Waals surface area contributed by atoms with Crippen molar-refractivity contribution in [2.45, 2.75) is 0 Å². The maximum Gasteiger partial charge on any atom is 0.330 e. The fourth-order valence-corrected chi connectivity index (χ4v) is 1.42. The van der Waals surface area contributed by atoms with Gasteiger partial charge in [-0.1, -0.05) is 10.6 Å². The van der Waals surface area contributed by atoms with Crippen LogP contribution in [0.25, 0.3) is 6.08 Å². The molecule has 1 rings (SSSR count). The Hall–Kier alpha value is -1.20. The SMILES string of the molecule is C=Cc1cccc[n+]1S(=O)(=O)[O-]. The number of aromatic nitrogens is 1. The predicted octanol–water partition coefficient (Wildman–Crippen LogP) is -0.0746. The van der Waals surface area contributed by atoms with Crippen molar-refractivity contribution in [3.8, 4) is 0 Å². The molecular weight excluding hydrogens is 178 g/mol. The van der Waals surface area contributed by atoms with E-state index in [1.165, 1.54) is 24.4 Å². The van der Waals surface area contributed by atoms with Crippen molar-refractivity contribution in [2.24, 2.45) is 0 Å². The van der Waals surface area contributed by atoms with Gasteiger partial charge in [0, 0.05) is 18.2 Å². The fraction of sp³-hybridized carbons (Fsp3) is 0. The molecule has 0 unspecified atom stereocenters. The number of nitrogens with zero attached hydrogens (tertiary/aromatic N) is 1. The van der Waals surface area contributed by atoms with Crippen LogP contribution in [0.2, 0.25) is 0 Å². The van der Waals surface area contributed by atoms with E-state index in [4.69, 9.17) is 0 Å². The van der Waals surface area contributed by atoms with E-state index in [2.05, 4.69) is 6.58 Å². The summed E-state index contributed by atoms with van der Waals surface area (Å²) in [5.41, 5.74) is 0.257. The normalized spacial score (nSPS) is 11.1. The molecule has 4 nitrogen and oxygen atoms in total. The van der Waals surface area contributed by atoms with Gasteiger partial charge in [0.2, 0.25) is 5.69 Å². The van der Waals surface area contributed by atoms with E-state index in [-0.39, 0.29) is 5.69 Å². The predicted molar refractivity (Wildman–Crippen MR) is 41.8 cm³/mol. The van der Waals surface area contributed by atoms with Gasteiger partial charge in [-0.15, -0.1) is 0 Å². The largest absolute Gasteiger partial charge is 0.693 e. The zero-order valence-electron chi connectivity index (χ0n) is 6.17. The Kier molecular flexibility index (Phi) is 2.25. The third-order valence-electron chi connectivity index (χ3n) is 1.30. The maximum atomic E-state index is 10.6. The molecule has 64 valence electrons. The van der Waals surface area contributed by atoms with Crippen molar-refractivity contribution in [1.29, 1.82) is 0 Å². The first-order valence-electron chi connectivity index (χ1n) is 3.15. The molecule has 1 aromatic heterocycles. The van der Waals surface area contributed by atoms with Crippen LogP contribution in [0.5, 0.6) is 0 Å². The van der Waals surface area contributed by atoms with Gasteiger partial charge in [-0.2, -0.15) is 8.42 Å². The van der Waals surface area contributed by atoms with Crippen LogP contribution in [-0.2, 0) is 10.3 Å². The lowest BCUT2D eigenvalue weighted by Crippen LogP contribution is -2.44. The molecule has 0 saturated heterocycles. The molecule has 0 bridgehead atoms. The highest BCUT2D eigenvalue weighted by atomic mass is 32.2. The molecular formula is C7H7NO3S. The summed E-state index contributed by atoms with van der Waals surface area (Å²) in [5, 5.41) is 0. The van der Waals surface area contributed by atoms with Crippen molar-refractivity contribution in [1.82, 2.24) is 0 Å². The van der Waals surface area contributed by atoms with Crippen LogP contribution < -0.4 is 3.97 Å². The topological polar surface area (TPSA) is 61.1 Å². The van der Waals surface area contributed by atoms with Crippen LogP contribution in [0, 0.1) is 0 Å². The summed E-state index contributed by atoms with van der Waals surface area (Å²) in [6.45, 7) is 3.38. The molecule has 0 N–H and O–H groups in total. The Balaban J connectivity index is 3.43. The summed E-state index contributed by atoms with van der Waals surface area (Å²) < 4.78 is 32.3. The minimum atomic E-state index is -4.45. The average molecular weight is 185 g/mol. The summed E-state index contributed by atoms with van der Waals surface area (Å²) in [6.07, 6.45) is 2.48. The Morgan fingerprint density at radius 2 is 2.17 bits per heavy atom. The minimum Gasteiger partial charge on any atom is -0.693 e. The summed E-state index contributed by atoms with van der Waals surface area (Å²) in [7, 11) is -4.45. The second-order valence-corrected chi connectivity index (χ2v) is 3.33. The summed E-state index contributed by atoms with van der Waals surface area (Å²) in [6, 6.07) is 4.57. The molecule has 0 aromatic carbocycles. The van der Waals surface area contributed by atoms with E-state index in [0.717, 1.165) is 0 Å². The van der Waals surface area contributed by atoms with E-state index in [9.17, 15) is 13.0 Å². The van der Waals surface area contributed by atoms with Crippen molar-refractivity contribution in [3.05, 3.63) is 36.7 Å². The van der Waals surface area contributed by atoms with Crippen LogP contribution >= 0.6 is 0 Å². The van der Waals surface area contributed by atoms with Crippen LogP contribution in [0.1, 0.15) is 5.69 Å². The fourth-order valence-electron chi connectivity index (χ4n) is 0.803. The van der Waals surface area contributed by atoms with E-state index in [0.29, 0.717) is 3.97 Å². The third-order valence-corrected chi connectivity index (χ3v) is 2.12. The Bertz CT molecular complexity index is 397. The average Bonchev–Trinajstić information content (AvgIpc) is 2.03. The van der Waals surface area contributed by atoms with Crippen molar-refractivity contribution >= 4 is 16.4 Å². The molecule has 0 saturated carbocycles. The van der Waals surface area contributed by atoms with Gasteiger partial charge < -0.3 is 4.55 Å². The van der Waals surface area contributed by atoms with Gasteiger partial charge in [0.1, 0.15) is 0 Å². The standard InChI is InChI=1S/C7H7NO3S/c1-2-7-5-3-4-6-8(7)12(9,10)11/h2-6H,1H2. The summed E-state index contributed by atoms with van der Waals surface area (Å²) in [5.74, 6) is 0. The second kappa shape index (κ2) is 3.04.